The molecule has 0 saturated carbocycles. The van der Waals surface area contributed by atoms with E-state index in [1.165, 1.54) is 0 Å². The molecule has 2 aromatic heterocycles. The maximum absolute atomic E-state index is 9.29. The molecule has 2 N–H and O–H groups in total. The number of nitrogens with zero attached hydrogens (tertiary/aromatic N) is 5. The smallest absolute Gasteiger partial charge is 0.229 e. The van der Waals surface area contributed by atoms with Crippen molar-refractivity contribution in [1.82, 2.24) is 20.3 Å². The van der Waals surface area contributed by atoms with Gasteiger partial charge in [0.05, 0.1) is 17.1 Å². The third-order valence-electron chi connectivity index (χ3n) is 5.22. The summed E-state index contributed by atoms with van der Waals surface area (Å²) in [6.45, 7) is 6.98. The Morgan fingerprint density at radius 1 is 1.28 bits per heavy atom. The Morgan fingerprint density at radius 3 is 3.00 bits per heavy atom. The Morgan fingerprint density at radius 2 is 2.17 bits per heavy atom. The zero-order valence-corrected chi connectivity index (χ0v) is 16.8. The first-order valence-electron chi connectivity index (χ1n) is 10.1. The molecule has 7 nitrogen and oxygen atoms in total. The quantitative estimate of drug-likeness (QED) is 0.669. The fraction of sp³-hybridized carbons (Fsp3) is 0.364. The van der Waals surface area contributed by atoms with Gasteiger partial charge in [-0.05, 0) is 56.1 Å². The van der Waals surface area contributed by atoms with E-state index in [0.717, 1.165) is 60.6 Å². The van der Waals surface area contributed by atoms with Gasteiger partial charge >= 0.3 is 0 Å². The molecule has 1 saturated heterocycles. The normalized spacial score (nSPS) is 16.2. The lowest BCUT2D eigenvalue weighted by atomic mass is 10.1. The zero-order chi connectivity index (χ0) is 20.2. The van der Waals surface area contributed by atoms with Crippen LogP contribution in [-0.2, 0) is 0 Å². The molecule has 0 bridgehead atoms. The van der Waals surface area contributed by atoms with Gasteiger partial charge in [0.2, 0.25) is 5.95 Å². The van der Waals surface area contributed by atoms with Gasteiger partial charge in [-0.1, -0.05) is 13.0 Å². The minimum Gasteiger partial charge on any atom is -0.353 e. The largest absolute Gasteiger partial charge is 0.353 e. The summed E-state index contributed by atoms with van der Waals surface area (Å²) >= 11 is 0. The van der Waals surface area contributed by atoms with E-state index in [0.29, 0.717) is 17.6 Å². The van der Waals surface area contributed by atoms with E-state index in [2.05, 4.69) is 38.5 Å². The number of aryl methyl sites for hydroxylation is 1. The van der Waals surface area contributed by atoms with Crippen molar-refractivity contribution in [1.29, 1.82) is 5.26 Å². The Hall–Kier alpha value is -3.24. The summed E-state index contributed by atoms with van der Waals surface area (Å²) in [7, 11) is 0. The molecule has 1 atom stereocenters. The lowest BCUT2D eigenvalue weighted by Gasteiger charge is -2.20. The molecule has 0 amide bonds. The van der Waals surface area contributed by atoms with Crippen molar-refractivity contribution in [2.75, 3.05) is 29.9 Å². The molecule has 7 heteroatoms. The second-order valence-electron chi connectivity index (χ2n) is 7.39. The number of hydrogen-bond donors (Lipinski definition) is 2. The number of rotatable bonds is 6. The molecule has 4 rings (SSSR count). The molecule has 29 heavy (non-hydrogen) atoms. The second kappa shape index (κ2) is 8.41. The summed E-state index contributed by atoms with van der Waals surface area (Å²) in [4.78, 5) is 16.3. The van der Waals surface area contributed by atoms with Crippen LogP contribution in [0.5, 0.6) is 0 Å². The Bertz CT molecular complexity index is 1060. The lowest BCUT2D eigenvalue weighted by Crippen LogP contribution is -2.33. The van der Waals surface area contributed by atoms with Crippen molar-refractivity contribution < 1.29 is 0 Å². The molecule has 0 radical (unpaired) electrons. The number of anilines is 3. The molecule has 1 unspecified atom stereocenters. The number of hydrogen-bond acceptors (Lipinski definition) is 7. The van der Waals surface area contributed by atoms with E-state index in [-0.39, 0.29) is 0 Å². The van der Waals surface area contributed by atoms with Gasteiger partial charge in [-0.2, -0.15) is 10.2 Å². The molecule has 3 heterocycles. The van der Waals surface area contributed by atoms with E-state index in [4.69, 9.17) is 4.98 Å². The number of nitriles is 1. The van der Waals surface area contributed by atoms with E-state index in [9.17, 15) is 5.26 Å². The Kier molecular flexibility index (Phi) is 5.54. The van der Waals surface area contributed by atoms with Gasteiger partial charge in [0.15, 0.2) is 5.82 Å². The van der Waals surface area contributed by atoms with Crippen molar-refractivity contribution in [3.8, 4) is 6.07 Å². The molecular weight excluding hydrogens is 362 g/mol. The predicted molar refractivity (Wildman–Crippen MR) is 115 cm³/mol. The van der Waals surface area contributed by atoms with Crippen LogP contribution in [-0.4, -0.2) is 40.6 Å². The number of pyridine rings is 1. The number of benzene rings is 1. The summed E-state index contributed by atoms with van der Waals surface area (Å²) in [5, 5.41) is 16.2. The molecule has 3 aromatic rings. The van der Waals surface area contributed by atoms with Gasteiger partial charge in [-0.3, -0.25) is 4.98 Å². The van der Waals surface area contributed by atoms with Crippen LogP contribution < -0.4 is 15.5 Å². The number of fused-ring (bicyclic) bond motifs is 1. The number of nitrogens with one attached hydrogen (secondary N) is 2. The molecule has 1 aliphatic heterocycles. The van der Waals surface area contributed by atoms with E-state index < -0.39 is 0 Å². The van der Waals surface area contributed by atoms with Crippen molar-refractivity contribution in [2.45, 2.75) is 32.7 Å². The van der Waals surface area contributed by atoms with Gasteiger partial charge < -0.3 is 15.5 Å². The van der Waals surface area contributed by atoms with Crippen LogP contribution >= 0.6 is 0 Å². The van der Waals surface area contributed by atoms with Gasteiger partial charge in [0, 0.05) is 31.0 Å². The monoisotopic (exact) mass is 387 g/mol. The Balaban J connectivity index is 1.66. The third-order valence-corrected chi connectivity index (χ3v) is 5.22. The van der Waals surface area contributed by atoms with Crippen LogP contribution in [0.1, 0.15) is 30.9 Å². The molecule has 0 aliphatic carbocycles. The van der Waals surface area contributed by atoms with E-state index >= 15 is 0 Å². The molecular formula is C22H25N7. The molecule has 1 fully saturated rings. The summed E-state index contributed by atoms with van der Waals surface area (Å²) in [6, 6.07) is 12.2. The van der Waals surface area contributed by atoms with Crippen LogP contribution in [0, 0.1) is 18.3 Å². The van der Waals surface area contributed by atoms with E-state index in [1.807, 2.05) is 37.3 Å². The third kappa shape index (κ3) is 4.13. The highest BCUT2D eigenvalue weighted by molar-refractivity contribution is 5.87. The average Bonchev–Trinajstić information content (AvgIpc) is 3.22. The van der Waals surface area contributed by atoms with Gasteiger partial charge in [-0.15, -0.1) is 0 Å². The SMILES string of the molecule is CCCNC1CCN(c2nc(Nc3ccc(C)c(C#N)c3)nc3cccnc23)C1. The Labute approximate surface area is 170 Å². The first kappa shape index (κ1) is 19.1. The maximum atomic E-state index is 9.29. The van der Waals surface area contributed by atoms with Crippen molar-refractivity contribution >= 4 is 28.5 Å². The maximum Gasteiger partial charge on any atom is 0.229 e. The highest BCUT2D eigenvalue weighted by Gasteiger charge is 2.25. The fourth-order valence-electron chi connectivity index (χ4n) is 3.65. The molecule has 0 spiro atoms. The van der Waals surface area contributed by atoms with Crippen LogP contribution in [0.4, 0.5) is 17.5 Å². The minimum atomic E-state index is 0.468. The number of aromatic nitrogens is 3. The van der Waals surface area contributed by atoms with Crippen molar-refractivity contribution in [3.63, 3.8) is 0 Å². The minimum absolute atomic E-state index is 0.468. The molecule has 1 aromatic carbocycles. The summed E-state index contributed by atoms with van der Waals surface area (Å²) < 4.78 is 0. The van der Waals surface area contributed by atoms with Crippen LogP contribution in [0.15, 0.2) is 36.5 Å². The second-order valence-corrected chi connectivity index (χ2v) is 7.39. The topological polar surface area (TPSA) is 89.8 Å². The molecule has 1 aliphatic rings. The summed E-state index contributed by atoms with van der Waals surface area (Å²) in [5.74, 6) is 1.37. The summed E-state index contributed by atoms with van der Waals surface area (Å²) in [5.41, 5.74) is 4.01. The standard InChI is InChI=1S/C22H25N7/c1-3-9-24-18-8-11-29(14-18)21-20-19(5-4-10-25-20)27-22(28-21)26-17-7-6-15(2)16(12-17)13-23/h4-7,10,12,18,24H,3,8-9,11,14H2,1-2H3,(H,26,27,28). The van der Waals surface area contributed by atoms with Crippen LogP contribution in [0.3, 0.4) is 0 Å². The lowest BCUT2D eigenvalue weighted by molar-refractivity contribution is 0.549. The average molecular weight is 387 g/mol. The predicted octanol–water partition coefficient (Wildman–Crippen LogP) is 3.53. The van der Waals surface area contributed by atoms with Gasteiger partial charge in [-0.25, -0.2) is 4.98 Å². The van der Waals surface area contributed by atoms with Gasteiger partial charge in [0.25, 0.3) is 0 Å². The van der Waals surface area contributed by atoms with Crippen LogP contribution in [0.25, 0.3) is 11.0 Å². The molecule has 148 valence electrons. The van der Waals surface area contributed by atoms with Crippen molar-refractivity contribution in [3.05, 3.63) is 47.7 Å². The zero-order valence-electron chi connectivity index (χ0n) is 16.8. The fourth-order valence-corrected chi connectivity index (χ4v) is 3.65. The first-order valence-corrected chi connectivity index (χ1v) is 10.1. The van der Waals surface area contributed by atoms with Gasteiger partial charge in [0.1, 0.15) is 5.52 Å². The van der Waals surface area contributed by atoms with E-state index in [1.54, 1.807) is 6.20 Å². The highest BCUT2D eigenvalue weighted by Crippen LogP contribution is 2.28. The highest BCUT2D eigenvalue weighted by atomic mass is 15.3. The summed E-state index contributed by atoms with van der Waals surface area (Å²) in [6.07, 6.45) is 4.00. The van der Waals surface area contributed by atoms with Crippen LogP contribution in [0.2, 0.25) is 0 Å². The van der Waals surface area contributed by atoms with Crippen molar-refractivity contribution in [2.24, 2.45) is 0 Å². The first-order chi connectivity index (χ1) is 14.2.